The molecule has 0 saturated carbocycles. The average Bonchev–Trinajstić information content (AvgIpc) is 2.99. The molecule has 162 valence electrons. The summed E-state index contributed by atoms with van der Waals surface area (Å²) in [7, 11) is 0. The van der Waals surface area contributed by atoms with E-state index >= 15 is 0 Å². The standard InChI is InChI=1S/C27H26N2O3/c1-18-9-11-22(12-10-18)28-25-24(21-7-5-4-6-8-21)26(30)29(27(25)31)13-14-32-23-16-19(2)15-20(3)17-23/h4-12,15-17,28H,13-14H2,1-3H3. The van der Waals surface area contributed by atoms with Gasteiger partial charge in [-0.15, -0.1) is 0 Å². The maximum atomic E-state index is 13.3. The SMILES string of the molecule is Cc1ccc(NC2=C(c3ccccc3)C(=O)N(CCOc3cc(C)cc(C)c3)C2=O)cc1. The van der Waals surface area contributed by atoms with Crippen LogP contribution in [-0.4, -0.2) is 29.9 Å². The van der Waals surface area contributed by atoms with Crippen LogP contribution in [0.15, 0.2) is 78.5 Å². The number of anilines is 1. The predicted molar refractivity (Wildman–Crippen MR) is 126 cm³/mol. The van der Waals surface area contributed by atoms with E-state index in [4.69, 9.17) is 4.74 Å². The van der Waals surface area contributed by atoms with E-state index in [1.807, 2.05) is 87.5 Å². The first kappa shape index (κ1) is 21.4. The van der Waals surface area contributed by atoms with E-state index in [2.05, 4.69) is 11.4 Å². The van der Waals surface area contributed by atoms with Crippen molar-refractivity contribution in [1.82, 2.24) is 4.90 Å². The normalized spacial score (nSPS) is 13.7. The van der Waals surface area contributed by atoms with Crippen molar-refractivity contribution >= 4 is 23.1 Å². The van der Waals surface area contributed by atoms with Gasteiger partial charge in [-0.05, 0) is 61.7 Å². The van der Waals surface area contributed by atoms with Crippen LogP contribution in [0.25, 0.3) is 5.57 Å². The Morgan fingerprint density at radius 3 is 2.09 bits per heavy atom. The molecule has 0 fully saturated rings. The van der Waals surface area contributed by atoms with Gasteiger partial charge in [0, 0.05) is 5.69 Å². The highest BCUT2D eigenvalue weighted by Gasteiger charge is 2.39. The van der Waals surface area contributed by atoms with Gasteiger partial charge in [-0.25, -0.2) is 0 Å². The first-order valence-electron chi connectivity index (χ1n) is 10.6. The lowest BCUT2D eigenvalue weighted by Crippen LogP contribution is -2.36. The fourth-order valence-corrected chi connectivity index (χ4v) is 3.82. The van der Waals surface area contributed by atoms with Gasteiger partial charge in [-0.2, -0.15) is 0 Å². The summed E-state index contributed by atoms with van der Waals surface area (Å²) in [5.41, 5.74) is 5.45. The summed E-state index contributed by atoms with van der Waals surface area (Å²) in [6.07, 6.45) is 0. The molecule has 0 aromatic heterocycles. The summed E-state index contributed by atoms with van der Waals surface area (Å²) in [5.74, 6) is 0.0640. The Bertz CT molecular complexity index is 1160. The van der Waals surface area contributed by atoms with Crippen molar-refractivity contribution < 1.29 is 14.3 Å². The van der Waals surface area contributed by atoms with Crippen LogP contribution in [0.4, 0.5) is 5.69 Å². The number of benzene rings is 3. The molecule has 0 spiro atoms. The molecule has 5 nitrogen and oxygen atoms in total. The van der Waals surface area contributed by atoms with Crippen molar-refractivity contribution in [2.24, 2.45) is 0 Å². The Morgan fingerprint density at radius 1 is 0.781 bits per heavy atom. The maximum Gasteiger partial charge on any atom is 0.278 e. The van der Waals surface area contributed by atoms with Crippen LogP contribution in [0.1, 0.15) is 22.3 Å². The number of carbonyl (C=O) groups excluding carboxylic acids is 2. The van der Waals surface area contributed by atoms with Gasteiger partial charge in [0.15, 0.2) is 0 Å². The third kappa shape index (κ3) is 4.57. The molecule has 0 atom stereocenters. The van der Waals surface area contributed by atoms with E-state index in [1.54, 1.807) is 0 Å². The highest BCUT2D eigenvalue weighted by Crippen LogP contribution is 2.30. The Morgan fingerprint density at radius 2 is 1.44 bits per heavy atom. The second-order valence-corrected chi connectivity index (χ2v) is 8.04. The van der Waals surface area contributed by atoms with E-state index in [0.29, 0.717) is 11.1 Å². The van der Waals surface area contributed by atoms with Crippen molar-refractivity contribution in [3.8, 4) is 5.75 Å². The van der Waals surface area contributed by atoms with E-state index in [-0.39, 0.29) is 30.7 Å². The molecule has 2 amide bonds. The number of amides is 2. The van der Waals surface area contributed by atoms with Crippen molar-refractivity contribution in [3.63, 3.8) is 0 Å². The number of ether oxygens (including phenoxy) is 1. The molecule has 1 heterocycles. The molecule has 1 aliphatic rings. The molecule has 0 bridgehead atoms. The van der Waals surface area contributed by atoms with Crippen LogP contribution in [0.5, 0.6) is 5.75 Å². The minimum Gasteiger partial charge on any atom is -0.492 e. The number of nitrogens with zero attached hydrogens (tertiary/aromatic N) is 1. The molecular formula is C27H26N2O3. The van der Waals surface area contributed by atoms with Gasteiger partial charge in [0.1, 0.15) is 18.1 Å². The lowest BCUT2D eigenvalue weighted by atomic mass is 10.0. The van der Waals surface area contributed by atoms with E-state index in [1.165, 1.54) is 4.90 Å². The molecule has 0 aliphatic carbocycles. The Balaban J connectivity index is 1.56. The molecule has 1 N–H and O–H groups in total. The highest BCUT2D eigenvalue weighted by atomic mass is 16.5. The number of hydrogen-bond donors (Lipinski definition) is 1. The first-order valence-corrected chi connectivity index (χ1v) is 10.6. The third-order valence-electron chi connectivity index (χ3n) is 5.33. The van der Waals surface area contributed by atoms with Crippen LogP contribution < -0.4 is 10.1 Å². The molecule has 3 aromatic carbocycles. The molecule has 0 radical (unpaired) electrons. The lowest BCUT2D eigenvalue weighted by molar-refractivity contribution is -0.137. The van der Waals surface area contributed by atoms with Crippen LogP contribution in [0.3, 0.4) is 0 Å². The lowest BCUT2D eigenvalue weighted by Gasteiger charge is -2.16. The Hall–Kier alpha value is -3.86. The molecule has 1 aliphatic heterocycles. The molecule has 5 heteroatoms. The highest BCUT2D eigenvalue weighted by molar-refractivity contribution is 6.36. The summed E-state index contributed by atoms with van der Waals surface area (Å²) in [6.45, 7) is 6.40. The van der Waals surface area contributed by atoms with Gasteiger partial charge >= 0.3 is 0 Å². The van der Waals surface area contributed by atoms with Crippen molar-refractivity contribution in [1.29, 1.82) is 0 Å². The summed E-state index contributed by atoms with van der Waals surface area (Å²) in [6, 6.07) is 22.9. The smallest absolute Gasteiger partial charge is 0.278 e. The second kappa shape index (κ2) is 9.10. The third-order valence-corrected chi connectivity index (χ3v) is 5.33. The van der Waals surface area contributed by atoms with Gasteiger partial charge in [-0.1, -0.05) is 54.1 Å². The molecule has 0 unspecified atom stereocenters. The number of hydrogen-bond acceptors (Lipinski definition) is 4. The van der Waals surface area contributed by atoms with Crippen molar-refractivity contribution in [2.45, 2.75) is 20.8 Å². The van der Waals surface area contributed by atoms with Gasteiger partial charge in [-0.3, -0.25) is 14.5 Å². The first-order chi connectivity index (χ1) is 15.4. The van der Waals surface area contributed by atoms with Crippen LogP contribution >= 0.6 is 0 Å². The summed E-state index contributed by atoms with van der Waals surface area (Å²) >= 11 is 0. The predicted octanol–water partition coefficient (Wildman–Crippen LogP) is 4.88. The maximum absolute atomic E-state index is 13.3. The van der Waals surface area contributed by atoms with Gasteiger partial charge in [0.2, 0.25) is 0 Å². The number of carbonyl (C=O) groups is 2. The second-order valence-electron chi connectivity index (χ2n) is 8.04. The van der Waals surface area contributed by atoms with Crippen LogP contribution in [-0.2, 0) is 9.59 Å². The average molecular weight is 427 g/mol. The van der Waals surface area contributed by atoms with Gasteiger partial charge in [0.05, 0.1) is 12.1 Å². The zero-order chi connectivity index (χ0) is 22.7. The van der Waals surface area contributed by atoms with Crippen molar-refractivity contribution in [2.75, 3.05) is 18.5 Å². The van der Waals surface area contributed by atoms with Crippen molar-refractivity contribution in [3.05, 3.63) is 101 Å². The number of aryl methyl sites for hydroxylation is 3. The largest absolute Gasteiger partial charge is 0.492 e. The van der Waals surface area contributed by atoms with Gasteiger partial charge in [0.25, 0.3) is 11.8 Å². The molecule has 0 saturated heterocycles. The number of rotatable bonds is 7. The monoisotopic (exact) mass is 426 g/mol. The van der Waals surface area contributed by atoms with E-state index in [9.17, 15) is 9.59 Å². The van der Waals surface area contributed by atoms with E-state index in [0.717, 1.165) is 28.1 Å². The Kier molecular flexibility index (Phi) is 6.08. The summed E-state index contributed by atoms with van der Waals surface area (Å²) in [5, 5.41) is 3.18. The quantitative estimate of drug-likeness (QED) is 0.547. The topological polar surface area (TPSA) is 58.6 Å². The summed E-state index contributed by atoms with van der Waals surface area (Å²) < 4.78 is 5.85. The fourth-order valence-electron chi connectivity index (χ4n) is 3.82. The zero-order valence-electron chi connectivity index (χ0n) is 18.5. The van der Waals surface area contributed by atoms with E-state index < -0.39 is 0 Å². The minimum absolute atomic E-state index is 0.167. The molecule has 32 heavy (non-hydrogen) atoms. The Labute approximate surface area is 188 Å². The fraction of sp³-hybridized carbons (Fsp3) is 0.185. The minimum atomic E-state index is -0.349. The van der Waals surface area contributed by atoms with Gasteiger partial charge < -0.3 is 10.1 Å². The molecule has 4 rings (SSSR count). The zero-order valence-corrected chi connectivity index (χ0v) is 18.5. The van der Waals surface area contributed by atoms with Crippen LogP contribution in [0, 0.1) is 20.8 Å². The molecule has 3 aromatic rings. The summed E-state index contributed by atoms with van der Waals surface area (Å²) in [4.78, 5) is 27.8. The number of nitrogens with one attached hydrogen (secondary N) is 1. The van der Waals surface area contributed by atoms with Crippen LogP contribution in [0.2, 0.25) is 0 Å². The molecular weight excluding hydrogens is 400 g/mol. The number of imide groups is 1.